The number of carboxylic acids is 1. The van der Waals surface area contributed by atoms with Crippen LogP contribution in [0.15, 0.2) is 18.2 Å². The number of anilines is 1. The fraction of sp³-hybridized carbons (Fsp3) is 0.478. The largest absolute Gasteiger partial charge is 0.478 e. The van der Waals surface area contributed by atoms with Gasteiger partial charge in [-0.1, -0.05) is 49.3 Å². The van der Waals surface area contributed by atoms with Gasteiger partial charge in [-0.25, -0.2) is 14.8 Å². The summed E-state index contributed by atoms with van der Waals surface area (Å²) < 4.78 is 0.678. The average molecular weight is 505 g/mol. The first-order chi connectivity index (χ1) is 16.4. The van der Waals surface area contributed by atoms with Crippen LogP contribution in [0.5, 0.6) is 0 Å². The summed E-state index contributed by atoms with van der Waals surface area (Å²) in [5, 5.41) is 17.3. The Morgan fingerprint density at radius 2 is 2.12 bits per heavy atom. The van der Waals surface area contributed by atoms with Crippen molar-refractivity contribution in [2.45, 2.75) is 51.6 Å². The number of aryl methyl sites for hydroxylation is 1. The molecule has 4 rings (SSSR count). The van der Waals surface area contributed by atoms with Gasteiger partial charge >= 0.3 is 5.97 Å². The number of imidazole rings is 1. The summed E-state index contributed by atoms with van der Waals surface area (Å²) >= 11 is 7.51. The number of thiazole rings is 1. The lowest BCUT2D eigenvalue weighted by molar-refractivity contribution is 0.0699. The Labute approximate surface area is 206 Å². The number of halogens is 1. The number of aromatic carboxylic acids is 1. The fourth-order valence-corrected chi connectivity index (χ4v) is 5.55. The third-order valence-corrected chi connectivity index (χ3v) is 7.55. The molecule has 1 aromatic carbocycles. The molecule has 2 atom stereocenters. The second-order valence-corrected chi connectivity index (χ2v) is 9.73. The maximum absolute atomic E-state index is 12.9. The summed E-state index contributed by atoms with van der Waals surface area (Å²) in [5.41, 5.74) is 1.70. The molecule has 1 amide bonds. The molecule has 11 heteroatoms. The van der Waals surface area contributed by atoms with Gasteiger partial charge in [-0.15, -0.1) is 0 Å². The Morgan fingerprint density at radius 1 is 1.29 bits per heavy atom. The monoisotopic (exact) mass is 504 g/mol. The number of unbranched alkanes of at least 4 members (excludes halogenated alkanes) is 1. The fourth-order valence-electron chi connectivity index (χ4n) is 4.18. The van der Waals surface area contributed by atoms with E-state index >= 15 is 0 Å². The van der Waals surface area contributed by atoms with Crippen molar-refractivity contribution in [1.29, 1.82) is 0 Å². The summed E-state index contributed by atoms with van der Waals surface area (Å²) in [6.45, 7) is 6.28. The second-order valence-electron chi connectivity index (χ2n) is 8.39. The van der Waals surface area contributed by atoms with Crippen molar-refractivity contribution in [2.24, 2.45) is 0 Å². The number of benzene rings is 1. The van der Waals surface area contributed by atoms with Gasteiger partial charge in [0.1, 0.15) is 0 Å². The molecule has 3 aromatic rings. The number of hydrogen-bond donors (Lipinski definition) is 4. The Bertz CT molecular complexity index is 1180. The van der Waals surface area contributed by atoms with Crippen molar-refractivity contribution in [1.82, 2.24) is 25.6 Å². The molecule has 9 nitrogen and oxygen atoms in total. The lowest BCUT2D eigenvalue weighted by atomic mass is 9.99. The second kappa shape index (κ2) is 10.7. The molecule has 34 heavy (non-hydrogen) atoms. The van der Waals surface area contributed by atoms with Gasteiger partial charge in [0.05, 0.1) is 21.5 Å². The zero-order chi connectivity index (χ0) is 24.2. The summed E-state index contributed by atoms with van der Waals surface area (Å²) in [5.74, 6) is -0.997. The van der Waals surface area contributed by atoms with Crippen LogP contribution in [0.2, 0.25) is 5.15 Å². The quantitative estimate of drug-likeness (QED) is 0.327. The normalized spacial score (nSPS) is 18.4. The van der Waals surface area contributed by atoms with E-state index in [1.54, 1.807) is 12.1 Å². The van der Waals surface area contributed by atoms with E-state index in [0.29, 0.717) is 41.3 Å². The lowest BCUT2D eigenvalue weighted by Gasteiger charge is -2.39. The van der Waals surface area contributed by atoms with E-state index in [9.17, 15) is 14.7 Å². The van der Waals surface area contributed by atoms with Gasteiger partial charge < -0.3 is 25.6 Å². The molecular weight excluding hydrogens is 476 g/mol. The van der Waals surface area contributed by atoms with E-state index in [4.69, 9.17) is 16.6 Å². The maximum atomic E-state index is 12.9. The van der Waals surface area contributed by atoms with Gasteiger partial charge in [-0.3, -0.25) is 4.79 Å². The molecule has 0 bridgehead atoms. The third kappa shape index (κ3) is 5.18. The van der Waals surface area contributed by atoms with Crippen LogP contribution >= 0.6 is 22.9 Å². The number of aromatic nitrogens is 3. The predicted octanol–water partition coefficient (Wildman–Crippen LogP) is 3.70. The van der Waals surface area contributed by atoms with Crippen molar-refractivity contribution in [3.63, 3.8) is 0 Å². The van der Waals surface area contributed by atoms with E-state index < -0.39 is 5.97 Å². The zero-order valence-corrected chi connectivity index (χ0v) is 20.8. The third-order valence-electron chi connectivity index (χ3n) is 6.07. The summed E-state index contributed by atoms with van der Waals surface area (Å²) in [7, 11) is 0. The van der Waals surface area contributed by atoms with Crippen LogP contribution in [-0.4, -0.2) is 63.7 Å². The number of H-pyrrole nitrogens is 1. The number of amides is 1. The molecule has 0 spiro atoms. The summed E-state index contributed by atoms with van der Waals surface area (Å²) in [4.78, 5) is 38.5. The summed E-state index contributed by atoms with van der Waals surface area (Å²) in [6.07, 6.45) is 3.49. The molecular formula is C23H29ClN6O3S. The van der Waals surface area contributed by atoms with Gasteiger partial charge in [0.25, 0.3) is 5.91 Å². The Balaban J connectivity index is 1.51. The van der Waals surface area contributed by atoms with Crippen molar-refractivity contribution in [3.8, 4) is 0 Å². The van der Waals surface area contributed by atoms with Crippen LogP contribution in [-0.2, 0) is 6.42 Å². The molecule has 1 aliphatic rings. The highest BCUT2D eigenvalue weighted by Crippen LogP contribution is 2.33. The van der Waals surface area contributed by atoms with Crippen LogP contribution < -0.4 is 15.5 Å². The number of piperidine rings is 1. The molecule has 0 radical (unpaired) electrons. The predicted molar refractivity (Wildman–Crippen MR) is 134 cm³/mol. The Kier molecular flexibility index (Phi) is 7.70. The van der Waals surface area contributed by atoms with Crippen LogP contribution in [0.3, 0.4) is 0 Å². The number of carboxylic acid groups (broad SMARTS) is 1. The van der Waals surface area contributed by atoms with Crippen LogP contribution in [0, 0.1) is 0 Å². The molecule has 0 unspecified atom stereocenters. The van der Waals surface area contributed by atoms with Gasteiger partial charge in [0.15, 0.2) is 16.1 Å². The van der Waals surface area contributed by atoms with Crippen LogP contribution in [0.4, 0.5) is 5.13 Å². The Hall–Kier alpha value is -2.69. The molecule has 0 aliphatic carbocycles. The number of fused-ring (bicyclic) bond motifs is 1. The number of carbonyl (C=O) groups excluding carboxylic acids is 1. The van der Waals surface area contributed by atoms with Crippen molar-refractivity contribution in [3.05, 3.63) is 40.4 Å². The number of aromatic amines is 1. The van der Waals surface area contributed by atoms with Gasteiger partial charge in [0.2, 0.25) is 0 Å². The molecule has 1 saturated heterocycles. The SMILES string of the molecule is CCCCN[C@@H]1CN(c2nc3cccc(C(=O)O)c3s2)CC[C@@H]1NC(=O)c1nc(Cl)c(CC)[nH]1. The topological polar surface area (TPSA) is 123 Å². The van der Waals surface area contributed by atoms with Gasteiger partial charge in [0, 0.05) is 25.2 Å². The van der Waals surface area contributed by atoms with E-state index in [-0.39, 0.29) is 29.4 Å². The van der Waals surface area contributed by atoms with E-state index in [0.717, 1.165) is 30.2 Å². The Morgan fingerprint density at radius 3 is 2.82 bits per heavy atom. The first-order valence-electron chi connectivity index (χ1n) is 11.6. The molecule has 2 aromatic heterocycles. The highest BCUT2D eigenvalue weighted by Gasteiger charge is 2.32. The smallest absolute Gasteiger partial charge is 0.337 e. The number of nitrogens with one attached hydrogen (secondary N) is 3. The standard InChI is InChI=1S/C23H29ClN6O3S/c1-3-5-10-25-17-12-30(23-28-16-8-6-7-13(22(32)33)18(16)34-23)11-9-15(17)27-21(31)20-26-14(4-2)19(24)29-20/h6-8,15,17,25H,3-5,9-12H2,1-2H3,(H,26,29)(H,27,31)(H,32,33)/t15-,17+/m0/s1. The first-order valence-corrected chi connectivity index (χ1v) is 12.8. The molecule has 1 fully saturated rings. The van der Waals surface area contributed by atoms with Crippen molar-refractivity contribution in [2.75, 3.05) is 24.5 Å². The highest BCUT2D eigenvalue weighted by atomic mass is 35.5. The number of nitrogens with zero attached hydrogens (tertiary/aromatic N) is 3. The van der Waals surface area contributed by atoms with Crippen molar-refractivity contribution < 1.29 is 14.7 Å². The highest BCUT2D eigenvalue weighted by molar-refractivity contribution is 7.22. The average Bonchev–Trinajstić information content (AvgIpc) is 3.43. The molecule has 3 heterocycles. The zero-order valence-electron chi connectivity index (χ0n) is 19.2. The van der Waals surface area contributed by atoms with E-state index in [2.05, 4.69) is 32.4 Å². The molecule has 182 valence electrons. The molecule has 4 N–H and O–H groups in total. The van der Waals surface area contributed by atoms with Gasteiger partial charge in [-0.05, 0) is 37.9 Å². The number of carbonyl (C=O) groups is 2. The van der Waals surface area contributed by atoms with E-state index in [1.165, 1.54) is 11.3 Å². The van der Waals surface area contributed by atoms with Crippen molar-refractivity contribution >= 4 is 50.2 Å². The number of rotatable bonds is 9. The van der Waals surface area contributed by atoms with E-state index in [1.807, 2.05) is 13.0 Å². The maximum Gasteiger partial charge on any atom is 0.337 e. The minimum Gasteiger partial charge on any atom is -0.478 e. The minimum absolute atomic E-state index is 0.00582. The van der Waals surface area contributed by atoms with Crippen LogP contribution in [0.1, 0.15) is 59.8 Å². The molecule has 0 saturated carbocycles. The van der Waals surface area contributed by atoms with Gasteiger partial charge in [-0.2, -0.15) is 0 Å². The lowest BCUT2D eigenvalue weighted by Crippen LogP contribution is -2.59. The number of hydrogen-bond acceptors (Lipinski definition) is 7. The summed E-state index contributed by atoms with van der Waals surface area (Å²) in [6, 6.07) is 5.08. The van der Waals surface area contributed by atoms with Crippen LogP contribution in [0.25, 0.3) is 10.2 Å². The first kappa shape index (κ1) is 24.4. The molecule has 1 aliphatic heterocycles. The minimum atomic E-state index is -0.953.